The first-order valence-corrected chi connectivity index (χ1v) is 13.2. The standard InChI is InChI=1S/C27H24N2O4S2/c1-17-16-35-26-22(28-21(30)15-20-13-8-14-34-20)25(31)29(26)23(17)27(32)33-24(18-9-4-2-5-10-18)19-11-6-3-7-12-19/h2-14,22-24,26H,1,15-16H2,(H,28,30)/t22?,23?,26-/m1/s1. The maximum absolute atomic E-state index is 13.5. The topological polar surface area (TPSA) is 75.7 Å². The fourth-order valence-corrected chi connectivity index (χ4v) is 6.39. The SMILES string of the molecule is C=C1CS[C@@H]2C(NC(=O)Cc3cccs3)C(=O)N2C1C(=O)OC(c1ccccc1)c1ccccc1. The average molecular weight is 505 g/mol. The van der Waals surface area contributed by atoms with E-state index in [0.717, 1.165) is 16.0 Å². The van der Waals surface area contributed by atoms with Gasteiger partial charge in [0, 0.05) is 10.6 Å². The van der Waals surface area contributed by atoms with Crippen molar-refractivity contribution in [2.75, 3.05) is 5.75 Å². The van der Waals surface area contributed by atoms with E-state index in [9.17, 15) is 14.4 Å². The van der Waals surface area contributed by atoms with E-state index in [1.165, 1.54) is 28.0 Å². The summed E-state index contributed by atoms with van der Waals surface area (Å²) in [4.78, 5) is 41.5. The van der Waals surface area contributed by atoms with Crippen LogP contribution in [0.2, 0.25) is 0 Å². The van der Waals surface area contributed by atoms with Crippen molar-refractivity contribution in [1.82, 2.24) is 10.2 Å². The molecule has 3 aromatic rings. The van der Waals surface area contributed by atoms with Gasteiger partial charge in [0.15, 0.2) is 12.1 Å². The Kier molecular flexibility index (Phi) is 6.74. The molecule has 8 heteroatoms. The molecule has 178 valence electrons. The Morgan fingerprint density at radius 2 is 1.69 bits per heavy atom. The molecule has 2 fully saturated rings. The highest BCUT2D eigenvalue weighted by Crippen LogP contribution is 2.41. The highest BCUT2D eigenvalue weighted by molar-refractivity contribution is 8.00. The molecular weight excluding hydrogens is 480 g/mol. The van der Waals surface area contributed by atoms with Gasteiger partial charge in [-0.25, -0.2) is 4.79 Å². The summed E-state index contributed by atoms with van der Waals surface area (Å²) in [5.41, 5.74) is 2.30. The van der Waals surface area contributed by atoms with E-state index in [-0.39, 0.29) is 23.6 Å². The van der Waals surface area contributed by atoms with Crippen LogP contribution in [0, 0.1) is 0 Å². The number of thioether (sulfide) groups is 1. The number of thiophene rings is 1. The Morgan fingerprint density at radius 1 is 1.03 bits per heavy atom. The number of esters is 1. The number of nitrogens with zero attached hydrogens (tertiary/aromatic N) is 1. The minimum Gasteiger partial charge on any atom is -0.451 e. The number of hydrogen-bond acceptors (Lipinski definition) is 6. The number of nitrogens with one attached hydrogen (secondary N) is 1. The third-order valence-corrected chi connectivity index (χ3v) is 8.33. The van der Waals surface area contributed by atoms with Crippen LogP contribution >= 0.6 is 23.1 Å². The molecular formula is C27H24N2O4S2. The van der Waals surface area contributed by atoms with Crippen LogP contribution in [0.3, 0.4) is 0 Å². The molecule has 1 aromatic heterocycles. The Labute approximate surface area is 212 Å². The molecule has 2 unspecified atom stereocenters. The summed E-state index contributed by atoms with van der Waals surface area (Å²) in [6.45, 7) is 4.06. The first-order valence-electron chi connectivity index (χ1n) is 11.3. The number of carbonyl (C=O) groups is 3. The number of carbonyl (C=O) groups excluding carboxylic acids is 3. The Bertz CT molecular complexity index is 1190. The predicted octanol–water partition coefficient (Wildman–Crippen LogP) is 3.95. The molecule has 0 bridgehead atoms. The Morgan fingerprint density at radius 3 is 2.29 bits per heavy atom. The minimum atomic E-state index is -0.880. The summed E-state index contributed by atoms with van der Waals surface area (Å²) >= 11 is 3.00. The largest absolute Gasteiger partial charge is 0.451 e. The molecule has 3 heterocycles. The van der Waals surface area contributed by atoms with Crippen LogP contribution in [0.25, 0.3) is 0 Å². The molecule has 5 rings (SSSR count). The van der Waals surface area contributed by atoms with Crippen molar-refractivity contribution in [1.29, 1.82) is 0 Å². The Balaban J connectivity index is 1.31. The van der Waals surface area contributed by atoms with Gasteiger partial charge in [0.25, 0.3) is 0 Å². The summed E-state index contributed by atoms with van der Waals surface area (Å²) in [7, 11) is 0. The normalized spacial score (nSPS) is 21.3. The van der Waals surface area contributed by atoms with Gasteiger partial charge >= 0.3 is 5.97 Å². The maximum Gasteiger partial charge on any atom is 0.334 e. The number of fused-ring (bicyclic) bond motifs is 1. The number of benzene rings is 2. The van der Waals surface area contributed by atoms with Crippen molar-refractivity contribution in [2.45, 2.75) is 30.0 Å². The number of rotatable bonds is 7. The van der Waals surface area contributed by atoms with Crippen molar-refractivity contribution < 1.29 is 19.1 Å². The zero-order chi connectivity index (χ0) is 24.4. The van der Waals surface area contributed by atoms with E-state index in [1.54, 1.807) is 0 Å². The van der Waals surface area contributed by atoms with Crippen LogP contribution in [0.15, 0.2) is 90.3 Å². The van der Waals surface area contributed by atoms with E-state index in [0.29, 0.717) is 11.3 Å². The summed E-state index contributed by atoms with van der Waals surface area (Å²) in [6.07, 6.45) is -0.379. The van der Waals surface area contributed by atoms with Crippen LogP contribution in [0.5, 0.6) is 0 Å². The van der Waals surface area contributed by atoms with Gasteiger partial charge in [0.05, 0.1) is 6.42 Å². The molecule has 0 aliphatic carbocycles. The first-order chi connectivity index (χ1) is 17.0. The lowest BCUT2D eigenvalue weighted by Crippen LogP contribution is -2.74. The monoisotopic (exact) mass is 504 g/mol. The average Bonchev–Trinajstić information content (AvgIpc) is 3.39. The van der Waals surface area contributed by atoms with Gasteiger partial charge in [-0.05, 0) is 28.1 Å². The second-order valence-corrected chi connectivity index (χ2v) is 10.6. The number of β-lactam (4-membered cyclic amide) rings is 1. The Hall–Kier alpha value is -3.36. The van der Waals surface area contributed by atoms with Gasteiger partial charge in [-0.3, -0.25) is 9.59 Å². The maximum atomic E-state index is 13.5. The van der Waals surface area contributed by atoms with E-state index in [4.69, 9.17) is 4.74 Å². The second-order valence-electron chi connectivity index (χ2n) is 8.45. The first kappa shape index (κ1) is 23.4. The molecule has 0 spiro atoms. The quantitative estimate of drug-likeness (QED) is 0.300. The highest BCUT2D eigenvalue weighted by Gasteiger charge is 2.56. The number of ether oxygens (including phenoxy) is 1. The zero-order valence-corrected chi connectivity index (χ0v) is 20.5. The second kappa shape index (κ2) is 10.1. The lowest BCUT2D eigenvalue weighted by Gasteiger charge is -2.52. The lowest BCUT2D eigenvalue weighted by atomic mass is 9.97. The van der Waals surface area contributed by atoms with E-state index in [1.807, 2.05) is 78.2 Å². The summed E-state index contributed by atoms with van der Waals surface area (Å²) < 4.78 is 6.03. The summed E-state index contributed by atoms with van der Waals surface area (Å²) in [5.74, 6) is -0.509. The fourth-order valence-electron chi connectivity index (χ4n) is 4.38. The molecule has 2 aromatic carbocycles. The lowest BCUT2D eigenvalue weighted by molar-refractivity contribution is -0.165. The molecule has 6 nitrogen and oxygen atoms in total. The van der Waals surface area contributed by atoms with Crippen molar-refractivity contribution >= 4 is 40.9 Å². The molecule has 0 radical (unpaired) electrons. The molecule has 0 saturated carbocycles. The van der Waals surface area contributed by atoms with E-state index in [2.05, 4.69) is 11.9 Å². The van der Waals surface area contributed by atoms with Gasteiger partial charge < -0.3 is 15.0 Å². The molecule has 2 aliphatic rings. The third-order valence-electron chi connectivity index (χ3n) is 6.08. The van der Waals surface area contributed by atoms with Gasteiger partial charge in [-0.15, -0.1) is 23.1 Å². The van der Waals surface area contributed by atoms with Crippen LogP contribution < -0.4 is 5.32 Å². The van der Waals surface area contributed by atoms with Crippen molar-refractivity contribution in [3.05, 3.63) is 106 Å². The van der Waals surface area contributed by atoms with Crippen LogP contribution in [-0.4, -0.2) is 45.9 Å². The van der Waals surface area contributed by atoms with Crippen molar-refractivity contribution in [3.63, 3.8) is 0 Å². The van der Waals surface area contributed by atoms with Gasteiger partial charge in [0.2, 0.25) is 11.8 Å². The zero-order valence-electron chi connectivity index (χ0n) is 18.8. The van der Waals surface area contributed by atoms with Gasteiger partial charge in [-0.2, -0.15) is 0 Å². The highest BCUT2D eigenvalue weighted by atomic mass is 32.2. The van der Waals surface area contributed by atoms with E-state index >= 15 is 0 Å². The van der Waals surface area contributed by atoms with Crippen LogP contribution in [0.4, 0.5) is 0 Å². The molecule has 2 amide bonds. The molecule has 3 atom stereocenters. The number of hydrogen-bond donors (Lipinski definition) is 1. The fraction of sp³-hybridized carbons (Fsp3) is 0.222. The van der Waals surface area contributed by atoms with Crippen LogP contribution in [0.1, 0.15) is 22.1 Å². The molecule has 1 N–H and O–H groups in total. The summed E-state index contributed by atoms with van der Waals surface area (Å²) in [5, 5.41) is 4.43. The van der Waals surface area contributed by atoms with Gasteiger partial charge in [-0.1, -0.05) is 73.3 Å². The number of amides is 2. The van der Waals surface area contributed by atoms with Crippen molar-refractivity contribution in [2.24, 2.45) is 0 Å². The smallest absolute Gasteiger partial charge is 0.334 e. The minimum absolute atomic E-state index is 0.206. The van der Waals surface area contributed by atoms with Crippen LogP contribution in [-0.2, 0) is 25.5 Å². The molecule has 2 saturated heterocycles. The van der Waals surface area contributed by atoms with E-state index < -0.39 is 24.2 Å². The van der Waals surface area contributed by atoms with Crippen molar-refractivity contribution in [3.8, 4) is 0 Å². The van der Waals surface area contributed by atoms with Gasteiger partial charge in [0.1, 0.15) is 11.4 Å². The molecule has 2 aliphatic heterocycles. The summed E-state index contributed by atoms with van der Waals surface area (Å²) in [6, 6.07) is 21.3. The molecule has 35 heavy (non-hydrogen) atoms. The predicted molar refractivity (Wildman–Crippen MR) is 137 cm³/mol. The third kappa shape index (κ3) is 4.76.